The molecule has 0 unspecified atom stereocenters. The number of nitrogens with zero attached hydrogens (tertiary/aromatic N) is 2. The Morgan fingerprint density at radius 2 is 1.86 bits per heavy atom. The van der Waals surface area contributed by atoms with Crippen molar-refractivity contribution < 1.29 is 14.0 Å². The lowest BCUT2D eigenvalue weighted by Gasteiger charge is -2.14. The van der Waals surface area contributed by atoms with Crippen LogP contribution in [0.15, 0.2) is 81.8 Å². The Kier molecular flexibility index (Phi) is 10.8. The van der Waals surface area contributed by atoms with E-state index >= 15 is 0 Å². The predicted octanol–water partition coefficient (Wildman–Crippen LogP) is 6.23. The fourth-order valence-electron chi connectivity index (χ4n) is 3.89. The Morgan fingerprint density at radius 3 is 2.58 bits per heavy atom. The van der Waals surface area contributed by atoms with Gasteiger partial charge in [-0.1, -0.05) is 42.8 Å². The molecule has 0 saturated heterocycles. The third-order valence-corrected chi connectivity index (χ3v) is 6.20. The molecule has 7 heteroatoms. The Bertz CT molecular complexity index is 1150. The highest BCUT2D eigenvalue weighted by atomic mass is 35.5. The number of carbonyl (C=O) groups is 2. The van der Waals surface area contributed by atoms with Crippen LogP contribution in [0.2, 0.25) is 5.02 Å². The van der Waals surface area contributed by atoms with Gasteiger partial charge < -0.3 is 10.1 Å². The monoisotopic (exact) mass is 507 g/mol. The molecule has 1 N–H and O–H groups in total. The molecule has 0 radical (unpaired) electrons. The molecule has 1 heterocycles. The summed E-state index contributed by atoms with van der Waals surface area (Å²) in [7, 11) is 0. The maximum absolute atomic E-state index is 13.5. The van der Waals surface area contributed by atoms with Gasteiger partial charge in [0, 0.05) is 29.8 Å². The number of aldehydes is 1. The van der Waals surface area contributed by atoms with Crippen molar-refractivity contribution in [3.8, 4) is 0 Å². The van der Waals surface area contributed by atoms with Crippen LogP contribution in [0.5, 0.6) is 0 Å². The Balaban J connectivity index is 1.73. The maximum atomic E-state index is 13.5. The van der Waals surface area contributed by atoms with Crippen molar-refractivity contribution in [2.75, 3.05) is 13.2 Å². The SMILES string of the molecule is C[C@H](CNC(=O)C1=C/C/C=C(CCCCC=O)\C(c2ccc(F)cc2)=N/C/N=C\1)c1ccc(Cl)cc1. The van der Waals surface area contributed by atoms with E-state index in [1.54, 1.807) is 18.3 Å². The van der Waals surface area contributed by atoms with Crippen molar-refractivity contribution in [1.29, 1.82) is 0 Å². The first kappa shape index (κ1) is 27.2. The molecule has 5 nitrogen and oxygen atoms in total. The van der Waals surface area contributed by atoms with Gasteiger partial charge in [0.2, 0.25) is 0 Å². The number of carbonyl (C=O) groups excluding carboxylic acids is 2. The number of hydrogen-bond donors (Lipinski definition) is 1. The quantitative estimate of drug-likeness (QED) is 0.306. The topological polar surface area (TPSA) is 70.9 Å². The molecular weight excluding hydrogens is 477 g/mol. The second kappa shape index (κ2) is 14.2. The first-order chi connectivity index (χ1) is 17.5. The number of aliphatic imine (C=N–C) groups is 2. The van der Waals surface area contributed by atoms with Crippen molar-refractivity contribution in [3.63, 3.8) is 0 Å². The molecule has 36 heavy (non-hydrogen) atoms. The molecule has 0 bridgehead atoms. The molecule has 1 aliphatic rings. The van der Waals surface area contributed by atoms with Gasteiger partial charge in [-0.2, -0.15) is 0 Å². The average molecular weight is 508 g/mol. The summed E-state index contributed by atoms with van der Waals surface area (Å²) in [6, 6.07) is 13.8. The summed E-state index contributed by atoms with van der Waals surface area (Å²) < 4.78 is 13.5. The first-order valence-electron chi connectivity index (χ1n) is 12.1. The minimum atomic E-state index is -0.308. The lowest BCUT2D eigenvalue weighted by atomic mass is 9.96. The van der Waals surface area contributed by atoms with E-state index in [1.807, 2.05) is 43.3 Å². The van der Waals surface area contributed by atoms with E-state index in [2.05, 4.69) is 15.3 Å². The minimum Gasteiger partial charge on any atom is -0.351 e. The number of halogens is 2. The van der Waals surface area contributed by atoms with Gasteiger partial charge in [0.1, 0.15) is 18.8 Å². The third kappa shape index (κ3) is 8.38. The Hall–Kier alpha value is -3.38. The van der Waals surface area contributed by atoms with E-state index in [9.17, 15) is 14.0 Å². The number of unbranched alkanes of at least 4 members (excludes halogenated alkanes) is 2. The third-order valence-electron chi connectivity index (χ3n) is 5.95. The van der Waals surface area contributed by atoms with E-state index in [4.69, 9.17) is 11.6 Å². The van der Waals surface area contributed by atoms with Crippen LogP contribution in [0.1, 0.15) is 56.1 Å². The van der Waals surface area contributed by atoms with Crippen LogP contribution in [-0.2, 0) is 9.59 Å². The molecule has 0 saturated carbocycles. The molecular formula is C29H31ClFN3O2. The van der Waals surface area contributed by atoms with Crippen molar-refractivity contribution >= 4 is 35.7 Å². The number of benzene rings is 2. The van der Waals surface area contributed by atoms with Gasteiger partial charge in [-0.15, -0.1) is 0 Å². The maximum Gasteiger partial charge on any atom is 0.252 e. The number of amides is 1. The minimum absolute atomic E-state index is 0.129. The number of allylic oxidation sites excluding steroid dienone is 3. The fourth-order valence-corrected chi connectivity index (χ4v) is 4.01. The average Bonchev–Trinajstić information content (AvgIpc) is 2.89. The number of rotatable bonds is 10. The van der Waals surface area contributed by atoms with Gasteiger partial charge in [-0.05, 0) is 79.1 Å². The van der Waals surface area contributed by atoms with Crippen LogP contribution in [0, 0.1) is 5.82 Å². The van der Waals surface area contributed by atoms with E-state index in [0.717, 1.165) is 48.0 Å². The molecule has 0 fully saturated rings. The van der Waals surface area contributed by atoms with Gasteiger partial charge in [0.15, 0.2) is 0 Å². The molecule has 1 aliphatic heterocycles. The van der Waals surface area contributed by atoms with E-state index in [-0.39, 0.29) is 24.3 Å². The Morgan fingerprint density at radius 1 is 1.11 bits per heavy atom. The summed E-state index contributed by atoms with van der Waals surface area (Å²) in [4.78, 5) is 32.6. The van der Waals surface area contributed by atoms with Crippen LogP contribution in [0.3, 0.4) is 0 Å². The summed E-state index contributed by atoms with van der Waals surface area (Å²) >= 11 is 5.97. The van der Waals surface area contributed by atoms with Gasteiger partial charge >= 0.3 is 0 Å². The summed E-state index contributed by atoms with van der Waals surface area (Å²) in [5.74, 6) is -0.370. The van der Waals surface area contributed by atoms with E-state index in [0.29, 0.717) is 30.0 Å². The predicted molar refractivity (Wildman–Crippen MR) is 144 cm³/mol. The summed E-state index contributed by atoms with van der Waals surface area (Å²) in [6.07, 6.45) is 9.74. The van der Waals surface area contributed by atoms with Crippen LogP contribution in [0.25, 0.3) is 0 Å². The van der Waals surface area contributed by atoms with Gasteiger partial charge in [0.05, 0.1) is 11.3 Å². The van der Waals surface area contributed by atoms with Gasteiger partial charge in [-0.25, -0.2) is 4.39 Å². The van der Waals surface area contributed by atoms with Crippen LogP contribution >= 0.6 is 11.6 Å². The lowest BCUT2D eigenvalue weighted by Crippen LogP contribution is -2.29. The number of hydrogen-bond acceptors (Lipinski definition) is 4. The molecule has 0 aliphatic carbocycles. The van der Waals surface area contributed by atoms with E-state index in [1.165, 1.54) is 12.1 Å². The molecule has 3 rings (SSSR count). The first-order valence-corrected chi connectivity index (χ1v) is 12.5. The zero-order valence-corrected chi connectivity index (χ0v) is 21.2. The van der Waals surface area contributed by atoms with Crippen LogP contribution in [-0.4, -0.2) is 37.3 Å². The van der Waals surface area contributed by atoms with Crippen LogP contribution < -0.4 is 5.32 Å². The summed E-state index contributed by atoms with van der Waals surface area (Å²) in [5.41, 5.74) is 4.15. The summed E-state index contributed by atoms with van der Waals surface area (Å²) in [6.45, 7) is 2.67. The molecule has 1 amide bonds. The zero-order valence-electron chi connectivity index (χ0n) is 20.4. The highest BCUT2D eigenvalue weighted by Crippen LogP contribution is 2.20. The zero-order chi connectivity index (χ0) is 25.8. The van der Waals surface area contributed by atoms with Crippen molar-refractivity contribution in [1.82, 2.24) is 5.32 Å². The highest BCUT2D eigenvalue weighted by molar-refractivity contribution is 6.30. The van der Waals surface area contributed by atoms with Gasteiger partial charge in [-0.3, -0.25) is 14.8 Å². The molecule has 0 spiro atoms. The number of nitrogens with one attached hydrogen (secondary N) is 1. The standard InChI is InChI=1S/C29H31ClFN3O2/c1-21(22-9-13-26(30)14-10-22)18-33-29(36)25-8-5-7-23(6-3-2-4-17-35)28(34-20-32-19-25)24-11-15-27(31)16-12-24/h7-17,19,21H,2-6,18,20H2,1H3,(H,33,36)/b23-7-,25-8+,32-19-,34-28+/t21-/m1/s1. The molecule has 2 aromatic rings. The second-order valence-corrected chi connectivity index (χ2v) is 9.10. The van der Waals surface area contributed by atoms with E-state index < -0.39 is 0 Å². The summed E-state index contributed by atoms with van der Waals surface area (Å²) in [5, 5.41) is 3.67. The fraction of sp³-hybridized carbons (Fsp3) is 0.310. The normalized spacial score (nSPS) is 20.0. The highest BCUT2D eigenvalue weighted by Gasteiger charge is 2.13. The largest absolute Gasteiger partial charge is 0.351 e. The Labute approximate surface area is 216 Å². The van der Waals surface area contributed by atoms with Crippen LogP contribution in [0.4, 0.5) is 4.39 Å². The van der Waals surface area contributed by atoms with Crippen molar-refractivity contribution in [2.24, 2.45) is 9.98 Å². The van der Waals surface area contributed by atoms with Crippen molar-refractivity contribution in [3.05, 3.63) is 93.8 Å². The molecule has 0 aromatic heterocycles. The second-order valence-electron chi connectivity index (χ2n) is 8.67. The molecule has 1 atom stereocenters. The molecule has 188 valence electrons. The molecule has 2 aromatic carbocycles. The lowest BCUT2D eigenvalue weighted by molar-refractivity contribution is -0.117. The van der Waals surface area contributed by atoms with Gasteiger partial charge in [0.25, 0.3) is 5.91 Å². The smallest absolute Gasteiger partial charge is 0.252 e. The van der Waals surface area contributed by atoms with Crippen molar-refractivity contribution in [2.45, 2.75) is 44.9 Å².